The number of halogens is 2. The van der Waals surface area contributed by atoms with E-state index in [0.29, 0.717) is 22.9 Å². The molecule has 1 aromatic carbocycles. The van der Waals surface area contributed by atoms with Crippen LogP contribution in [0.3, 0.4) is 0 Å². The highest BCUT2D eigenvalue weighted by Gasteiger charge is 2.38. The van der Waals surface area contributed by atoms with Gasteiger partial charge in [0.1, 0.15) is 12.0 Å². The lowest BCUT2D eigenvalue weighted by Crippen LogP contribution is -2.60. The minimum absolute atomic E-state index is 0.0228. The molecular weight excluding hydrogens is 558 g/mol. The van der Waals surface area contributed by atoms with Crippen LogP contribution in [0, 0.1) is 12.8 Å². The van der Waals surface area contributed by atoms with Crippen LogP contribution in [0.2, 0.25) is 0 Å². The fourth-order valence-electron chi connectivity index (χ4n) is 6.87. The van der Waals surface area contributed by atoms with E-state index in [-0.39, 0.29) is 34.9 Å². The lowest BCUT2D eigenvalue weighted by Gasteiger charge is -2.46. The van der Waals surface area contributed by atoms with Crippen molar-refractivity contribution in [2.75, 3.05) is 11.9 Å². The zero-order valence-corrected chi connectivity index (χ0v) is 26.2. The number of anilines is 1. The number of alkyl halides is 1. The van der Waals surface area contributed by atoms with Gasteiger partial charge in [-0.2, -0.15) is 4.98 Å². The van der Waals surface area contributed by atoms with Crippen molar-refractivity contribution >= 4 is 28.4 Å². The van der Waals surface area contributed by atoms with E-state index in [9.17, 15) is 4.79 Å². The van der Waals surface area contributed by atoms with Gasteiger partial charge in [0.05, 0.1) is 11.4 Å². The number of nitrogens with zero attached hydrogens (tertiary/aromatic N) is 3. The van der Waals surface area contributed by atoms with Gasteiger partial charge in [-0.05, 0) is 95.6 Å². The molecule has 0 amide bonds. The second kappa shape index (κ2) is 11.3. The third kappa shape index (κ3) is 6.20. The Kier molecular flexibility index (Phi) is 7.72. The average molecular weight is 601 g/mol. The van der Waals surface area contributed by atoms with Crippen molar-refractivity contribution in [3.8, 4) is 11.3 Å². The van der Waals surface area contributed by atoms with Crippen LogP contribution in [0.4, 0.5) is 14.7 Å². The van der Waals surface area contributed by atoms with E-state index in [4.69, 9.17) is 9.97 Å². The average Bonchev–Trinajstić information content (AvgIpc) is 3.75. The minimum Gasteiger partial charge on any atom is -0.385 e. The van der Waals surface area contributed by atoms with Crippen molar-refractivity contribution in [1.29, 1.82) is 0 Å². The summed E-state index contributed by atoms with van der Waals surface area (Å²) in [5.74, 6) is 0.219. The Morgan fingerprint density at radius 1 is 1.11 bits per heavy atom. The van der Waals surface area contributed by atoms with Gasteiger partial charge in [0.2, 0.25) is 5.95 Å². The molecule has 1 atom stereocenters. The molecule has 6 rings (SSSR count). The third-order valence-corrected chi connectivity index (χ3v) is 8.81. The number of pyridine rings is 1. The van der Waals surface area contributed by atoms with Crippen LogP contribution in [-0.2, 0) is 0 Å². The van der Waals surface area contributed by atoms with Crippen LogP contribution in [-0.4, -0.2) is 44.4 Å². The number of aryl methyl sites for hydroxylation is 1. The Morgan fingerprint density at radius 2 is 1.84 bits per heavy atom. The number of allylic oxidation sites excluding steroid dienone is 4. The molecule has 0 bridgehead atoms. The number of hydrogen-bond acceptors (Lipinski definition) is 6. The fourth-order valence-corrected chi connectivity index (χ4v) is 6.87. The van der Waals surface area contributed by atoms with E-state index in [1.807, 2.05) is 25.1 Å². The van der Waals surface area contributed by atoms with Gasteiger partial charge in [0.15, 0.2) is 5.65 Å². The molecule has 1 aliphatic heterocycles. The Bertz CT molecular complexity index is 1730. The Balaban J connectivity index is 1.53. The number of benzene rings is 1. The van der Waals surface area contributed by atoms with Crippen molar-refractivity contribution in [1.82, 2.24) is 25.2 Å². The second-order valence-electron chi connectivity index (χ2n) is 14.0. The molecule has 0 radical (unpaired) electrons. The van der Waals surface area contributed by atoms with E-state index in [2.05, 4.69) is 50.2 Å². The van der Waals surface area contributed by atoms with Gasteiger partial charge >= 0.3 is 0 Å². The maximum Gasteiger partial charge on any atom is 0.256 e. The van der Waals surface area contributed by atoms with Crippen molar-refractivity contribution in [3.63, 3.8) is 0 Å². The highest BCUT2D eigenvalue weighted by Crippen LogP contribution is 2.36. The van der Waals surface area contributed by atoms with E-state index in [1.165, 1.54) is 31.1 Å². The third-order valence-electron chi connectivity index (χ3n) is 8.81. The molecule has 3 aliphatic rings. The smallest absolute Gasteiger partial charge is 0.256 e. The molecular formula is C35H42F2N6O. The molecule has 0 spiro atoms. The summed E-state index contributed by atoms with van der Waals surface area (Å²) in [4.78, 5) is 23.2. The number of hydrogen-bond donors (Lipinski definition) is 3. The maximum absolute atomic E-state index is 15.3. The topological polar surface area (TPSA) is 83.9 Å². The summed E-state index contributed by atoms with van der Waals surface area (Å²) < 4.78 is 31.6. The molecule has 2 fully saturated rings. The fraction of sp³-hybridized carbons (Fsp3) is 0.457. The van der Waals surface area contributed by atoms with E-state index < -0.39 is 17.6 Å². The van der Waals surface area contributed by atoms with Gasteiger partial charge in [-0.1, -0.05) is 24.8 Å². The zero-order chi connectivity index (χ0) is 31.4. The van der Waals surface area contributed by atoms with Gasteiger partial charge in [0, 0.05) is 52.8 Å². The van der Waals surface area contributed by atoms with Crippen LogP contribution in [0.5, 0.6) is 0 Å². The lowest BCUT2D eigenvalue weighted by atomic mass is 9.80. The molecule has 3 aromatic rings. The molecule has 3 heterocycles. The van der Waals surface area contributed by atoms with E-state index in [1.54, 1.807) is 6.07 Å². The molecule has 2 aliphatic carbocycles. The van der Waals surface area contributed by atoms with Gasteiger partial charge < -0.3 is 16.0 Å². The molecule has 2 aromatic heterocycles. The van der Waals surface area contributed by atoms with Crippen molar-refractivity contribution in [2.24, 2.45) is 5.92 Å². The predicted octanol–water partition coefficient (Wildman–Crippen LogP) is 6.89. The zero-order valence-electron chi connectivity index (χ0n) is 26.2. The second-order valence-corrected chi connectivity index (χ2v) is 14.0. The molecule has 1 saturated heterocycles. The molecule has 9 heteroatoms. The van der Waals surface area contributed by atoms with Crippen LogP contribution < -0.4 is 21.5 Å². The predicted molar refractivity (Wildman–Crippen MR) is 175 cm³/mol. The normalized spacial score (nSPS) is 21.5. The summed E-state index contributed by atoms with van der Waals surface area (Å²) in [7, 11) is 0. The van der Waals surface area contributed by atoms with Crippen molar-refractivity contribution < 1.29 is 8.78 Å². The molecule has 1 saturated carbocycles. The van der Waals surface area contributed by atoms with Gasteiger partial charge in [-0.25, -0.2) is 13.8 Å². The Labute approximate surface area is 257 Å². The van der Waals surface area contributed by atoms with E-state index in [0.717, 1.165) is 46.3 Å². The minimum atomic E-state index is -1.69. The molecule has 7 nitrogen and oxygen atoms in total. The van der Waals surface area contributed by atoms with Crippen LogP contribution in [0.25, 0.3) is 33.7 Å². The first-order valence-corrected chi connectivity index (χ1v) is 15.5. The van der Waals surface area contributed by atoms with Crippen molar-refractivity contribution in [3.05, 3.63) is 76.4 Å². The highest BCUT2D eigenvalue weighted by atomic mass is 19.1. The molecule has 232 valence electrons. The number of fused-ring (bicyclic) bond motifs is 1. The summed E-state index contributed by atoms with van der Waals surface area (Å²) in [5.41, 5.74) is 3.14. The highest BCUT2D eigenvalue weighted by molar-refractivity contribution is 5.94. The SMILES string of the molecule is C=C(NCC1CC1)c1ccc(C)c(-c2nc(NC3CC(C)(C)NC(C)(C)C3)nc3c2ccc(=O)n3C2=C(F)C=CCC2F)c1. The first kappa shape index (κ1) is 30.2. The number of piperidine rings is 1. The van der Waals surface area contributed by atoms with Crippen molar-refractivity contribution in [2.45, 2.75) is 90.0 Å². The summed E-state index contributed by atoms with van der Waals surface area (Å²) >= 11 is 0. The largest absolute Gasteiger partial charge is 0.385 e. The van der Waals surface area contributed by atoms with Gasteiger partial charge in [-0.3, -0.25) is 9.36 Å². The Hall–Kier alpha value is -3.85. The Morgan fingerprint density at radius 3 is 2.52 bits per heavy atom. The van der Waals surface area contributed by atoms with Gasteiger partial charge in [0.25, 0.3) is 5.56 Å². The number of nitrogens with one attached hydrogen (secondary N) is 3. The summed E-state index contributed by atoms with van der Waals surface area (Å²) in [5, 5.41) is 11.2. The molecule has 1 unspecified atom stereocenters. The lowest BCUT2D eigenvalue weighted by molar-refractivity contribution is 0.170. The summed E-state index contributed by atoms with van der Waals surface area (Å²) in [6.07, 6.45) is 5.04. The van der Waals surface area contributed by atoms with Crippen LogP contribution in [0.1, 0.15) is 70.9 Å². The van der Waals surface area contributed by atoms with Gasteiger partial charge in [-0.15, -0.1) is 0 Å². The monoisotopic (exact) mass is 600 g/mol. The van der Waals surface area contributed by atoms with Crippen LogP contribution in [0.15, 0.2) is 59.7 Å². The molecule has 3 N–H and O–H groups in total. The summed E-state index contributed by atoms with van der Waals surface area (Å²) in [6.45, 7) is 15.8. The maximum atomic E-state index is 15.3. The first-order chi connectivity index (χ1) is 20.8. The first-order valence-electron chi connectivity index (χ1n) is 15.5. The van der Waals surface area contributed by atoms with Crippen LogP contribution >= 0.6 is 0 Å². The number of rotatable bonds is 8. The van der Waals surface area contributed by atoms with E-state index >= 15 is 8.78 Å². The molecule has 44 heavy (non-hydrogen) atoms. The summed E-state index contributed by atoms with van der Waals surface area (Å²) in [6, 6.07) is 9.10. The quantitative estimate of drug-likeness (QED) is 0.261. The number of aromatic nitrogens is 3. The standard InChI is InChI=1S/C35H42F2N6O/c1-20-10-13-23(21(2)38-19-22-11-12-22)16-26(20)30-25-14-15-29(44)43(31-27(36)8-7-9-28(31)37)32(25)41-33(40-30)39-24-17-34(3,4)42-35(5,6)18-24/h7-8,10,13-16,22,24,28,38,42H,2,9,11-12,17-19H2,1,3-6H3,(H,39,40,41).